The highest BCUT2D eigenvalue weighted by Crippen LogP contribution is 2.55. The lowest BCUT2D eigenvalue weighted by atomic mass is 9.98. The number of H-pyrrole nitrogens is 2. The number of hydrogen-bond acceptors (Lipinski definition) is 4. The molecule has 5 aromatic rings. The molecule has 0 amide bonds. The van der Waals surface area contributed by atoms with Gasteiger partial charge in [-0.05, 0) is 96.4 Å². The summed E-state index contributed by atoms with van der Waals surface area (Å²) in [5, 5.41) is 7.29. The van der Waals surface area contributed by atoms with Crippen molar-refractivity contribution in [2.75, 3.05) is 6.54 Å². The maximum absolute atomic E-state index is 16.1. The minimum absolute atomic E-state index is 0.0521. The molecule has 43 heavy (non-hydrogen) atoms. The number of aromatic nitrogens is 4. The number of hydrogen-bond donors (Lipinski definition) is 4. The molecule has 4 fully saturated rings. The Labute approximate surface area is 247 Å². The number of halogens is 2. The molecule has 0 radical (unpaired) electrons. The fraction of sp³-hybridized carbons (Fsp3) is 0.371. The maximum Gasteiger partial charge on any atom is 0.299 e. The second-order valence-electron chi connectivity index (χ2n) is 13.7. The van der Waals surface area contributed by atoms with E-state index in [9.17, 15) is 0 Å². The highest BCUT2D eigenvalue weighted by molar-refractivity contribution is 5.86. The fourth-order valence-corrected chi connectivity index (χ4v) is 8.42. The van der Waals surface area contributed by atoms with E-state index in [1.54, 1.807) is 18.3 Å². The molecule has 3 aliphatic carbocycles. The Bertz CT molecular complexity index is 1950. The zero-order chi connectivity index (χ0) is 28.5. The molecule has 2 bridgehead atoms. The molecule has 4 atom stereocenters. The number of rotatable bonds is 4. The van der Waals surface area contributed by atoms with E-state index in [-0.39, 0.29) is 23.2 Å². The van der Waals surface area contributed by atoms with Crippen LogP contribution in [-0.2, 0) is 5.92 Å². The van der Waals surface area contributed by atoms with Gasteiger partial charge in [0.2, 0.25) is 0 Å². The van der Waals surface area contributed by atoms with Gasteiger partial charge in [0.25, 0.3) is 5.92 Å². The van der Waals surface area contributed by atoms with Crippen LogP contribution in [0.15, 0.2) is 60.8 Å². The van der Waals surface area contributed by atoms with Gasteiger partial charge in [0, 0.05) is 29.3 Å². The van der Waals surface area contributed by atoms with Crippen LogP contribution in [0.4, 0.5) is 8.78 Å². The number of nitrogens with zero attached hydrogens (tertiary/aromatic N) is 2. The van der Waals surface area contributed by atoms with E-state index in [1.807, 2.05) is 42.5 Å². The molecule has 1 spiro atoms. The molecule has 2 aromatic heterocycles. The summed E-state index contributed by atoms with van der Waals surface area (Å²) in [5.41, 5.74) is 6.79. The van der Waals surface area contributed by atoms with Crippen LogP contribution in [-0.4, -0.2) is 32.5 Å². The lowest BCUT2D eigenvalue weighted by Gasteiger charge is -2.20. The molecule has 216 valence electrons. The third-order valence-electron chi connectivity index (χ3n) is 11.0. The van der Waals surface area contributed by atoms with Crippen LogP contribution in [0.5, 0.6) is 0 Å². The van der Waals surface area contributed by atoms with Gasteiger partial charge >= 0.3 is 0 Å². The smallest absolute Gasteiger partial charge is 0.299 e. The van der Waals surface area contributed by atoms with Crippen LogP contribution < -0.4 is 10.6 Å². The largest absolute Gasteiger partial charge is 0.341 e. The zero-order valence-electron chi connectivity index (χ0n) is 23.7. The SMILES string of the molecule is FC1(F)c2cc(-c3ccc4nc([C@H]5NC6CCC5C6)[nH]c4c3)ccc2-c2ccc(-c3cnc([C@@H]4CC5(CC5)CN4)[nH]3)cc21. The molecule has 3 aromatic carbocycles. The minimum atomic E-state index is -3.09. The normalized spacial score (nSPS) is 27.3. The third kappa shape index (κ3) is 3.63. The maximum atomic E-state index is 16.1. The van der Waals surface area contributed by atoms with Gasteiger partial charge in [0.1, 0.15) is 11.6 Å². The summed E-state index contributed by atoms with van der Waals surface area (Å²) in [5.74, 6) is -0.571. The van der Waals surface area contributed by atoms with Crippen LogP contribution in [0.25, 0.3) is 44.5 Å². The molecule has 4 heterocycles. The number of fused-ring (bicyclic) bond motifs is 6. The van der Waals surface area contributed by atoms with Crippen molar-refractivity contribution in [2.45, 2.75) is 62.6 Å². The fourth-order valence-electron chi connectivity index (χ4n) is 8.42. The number of aromatic amines is 2. The molecule has 2 aliphatic heterocycles. The van der Waals surface area contributed by atoms with Gasteiger partial charge < -0.3 is 20.6 Å². The highest BCUT2D eigenvalue weighted by atomic mass is 19.3. The summed E-state index contributed by atoms with van der Waals surface area (Å²) in [7, 11) is 0. The molecule has 10 rings (SSSR count). The monoisotopic (exact) mass is 574 g/mol. The zero-order valence-corrected chi connectivity index (χ0v) is 23.7. The van der Waals surface area contributed by atoms with Gasteiger partial charge in [0.05, 0.1) is 35.0 Å². The molecule has 2 unspecified atom stereocenters. The quantitative estimate of drug-likeness (QED) is 0.181. The first kappa shape index (κ1) is 24.6. The second-order valence-corrected chi connectivity index (χ2v) is 13.7. The molecule has 4 N–H and O–H groups in total. The Hall–Kier alpha value is -3.88. The average molecular weight is 575 g/mol. The Kier molecular flexibility index (Phi) is 4.79. The lowest BCUT2D eigenvalue weighted by Crippen LogP contribution is -2.29. The predicted octanol–water partition coefficient (Wildman–Crippen LogP) is 7.37. The average Bonchev–Trinajstić information content (AvgIpc) is 3.68. The van der Waals surface area contributed by atoms with E-state index < -0.39 is 5.92 Å². The number of benzene rings is 3. The van der Waals surface area contributed by atoms with E-state index in [1.165, 1.54) is 32.1 Å². The van der Waals surface area contributed by atoms with Crippen molar-refractivity contribution in [3.05, 3.63) is 83.6 Å². The highest BCUT2D eigenvalue weighted by Gasteiger charge is 2.49. The van der Waals surface area contributed by atoms with Gasteiger partial charge in [-0.15, -0.1) is 0 Å². The minimum Gasteiger partial charge on any atom is -0.341 e. The van der Waals surface area contributed by atoms with E-state index in [2.05, 4.69) is 25.6 Å². The molecule has 8 heteroatoms. The predicted molar refractivity (Wildman–Crippen MR) is 162 cm³/mol. The van der Waals surface area contributed by atoms with E-state index in [4.69, 9.17) is 4.98 Å². The Morgan fingerprint density at radius 2 is 1.58 bits per heavy atom. The van der Waals surface area contributed by atoms with Crippen molar-refractivity contribution in [2.24, 2.45) is 11.3 Å². The van der Waals surface area contributed by atoms with Crippen LogP contribution in [0.2, 0.25) is 0 Å². The summed E-state index contributed by atoms with van der Waals surface area (Å²) in [4.78, 5) is 16.4. The molecule has 5 aliphatic rings. The van der Waals surface area contributed by atoms with Gasteiger partial charge in [-0.2, -0.15) is 8.78 Å². The van der Waals surface area contributed by atoms with Crippen LogP contribution in [0, 0.1) is 11.3 Å². The Morgan fingerprint density at radius 3 is 2.33 bits per heavy atom. The van der Waals surface area contributed by atoms with Crippen LogP contribution in [0.3, 0.4) is 0 Å². The van der Waals surface area contributed by atoms with E-state index in [0.29, 0.717) is 28.5 Å². The molecule has 6 nitrogen and oxygen atoms in total. The molecular formula is C35H32F2N6. The molecule has 2 saturated heterocycles. The summed E-state index contributed by atoms with van der Waals surface area (Å²) in [6, 6.07) is 18.0. The number of imidazole rings is 2. The summed E-state index contributed by atoms with van der Waals surface area (Å²) in [6.07, 6.45) is 9.16. The Morgan fingerprint density at radius 1 is 0.814 bits per heavy atom. The first-order valence-electron chi connectivity index (χ1n) is 15.6. The van der Waals surface area contributed by atoms with Crippen molar-refractivity contribution in [3.63, 3.8) is 0 Å². The van der Waals surface area contributed by atoms with Gasteiger partial charge in [0.15, 0.2) is 0 Å². The van der Waals surface area contributed by atoms with Gasteiger partial charge in [-0.25, -0.2) is 9.97 Å². The van der Waals surface area contributed by atoms with Crippen molar-refractivity contribution in [3.8, 4) is 33.5 Å². The van der Waals surface area contributed by atoms with Crippen molar-refractivity contribution in [1.29, 1.82) is 0 Å². The second kappa shape index (κ2) is 8.39. The van der Waals surface area contributed by atoms with Gasteiger partial charge in [-0.1, -0.05) is 30.3 Å². The standard InChI is InChI=1S/C35H32F2N6/c36-35(37)25-12-18(19-4-8-27-28(14-19)42-33(41-27)31-21-1-5-22(11-21)40-31)2-6-23(25)24-7-3-20(13-26(24)35)30-16-38-32(43-30)29-15-34(9-10-34)17-39-29/h2-4,6-8,12-14,16,21-22,29,31,39-40H,1,5,9-11,15,17H2,(H,38,43)(H,41,42)/t21?,22?,29-,31-/m0/s1. The summed E-state index contributed by atoms with van der Waals surface area (Å²) < 4.78 is 32.2. The van der Waals surface area contributed by atoms with Crippen molar-refractivity contribution in [1.82, 2.24) is 30.6 Å². The topological polar surface area (TPSA) is 81.4 Å². The van der Waals surface area contributed by atoms with Crippen LogP contribution in [0.1, 0.15) is 73.4 Å². The van der Waals surface area contributed by atoms with E-state index in [0.717, 1.165) is 58.0 Å². The van der Waals surface area contributed by atoms with Gasteiger partial charge in [-0.3, -0.25) is 0 Å². The Balaban J connectivity index is 0.956. The number of alkyl halides is 2. The molecule has 2 saturated carbocycles. The summed E-state index contributed by atoms with van der Waals surface area (Å²) in [6.45, 7) is 1.04. The van der Waals surface area contributed by atoms with Crippen molar-refractivity contribution >= 4 is 11.0 Å². The van der Waals surface area contributed by atoms with E-state index >= 15 is 8.78 Å². The molecular weight excluding hydrogens is 542 g/mol. The number of nitrogens with one attached hydrogen (secondary N) is 4. The third-order valence-corrected chi connectivity index (χ3v) is 11.0. The van der Waals surface area contributed by atoms with Crippen LogP contribution >= 0.6 is 0 Å². The number of piperidine rings is 1. The first-order chi connectivity index (χ1) is 20.9. The summed E-state index contributed by atoms with van der Waals surface area (Å²) >= 11 is 0. The first-order valence-corrected chi connectivity index (χ1v) is 15.6. The lowest BCUT2D eigenvalue weighted by molar-refractivity contribution is 0.0481. The van der Waals surface area contributed by atoms with Crippen molar-refractivity contribution < 1.29 is 8.78 Å².